The lowest BCUT2D eigenvalue weighted by atomic mass is 10.1. The minimum absolute atomic E-state index is 0.303. The zero-order valence-electron chi connectivity index (χ0n) is 11.1. The molecule has 2 N–H and O–H groups in total. The Balaban J connectivity index is 2.00. The molecule has 0 saturated carbocycles. The maximum atomic E-state index is 12.5. The first-order chi connectivity index (χ1) is 9.58. The van der Waals surface area contributed by atoms with E-state index in [0.717, 1.165) is 16.5 Å². The predicted octanol–water partition coefficient (Wildman–Crippen LogP) is 1.56. The summed E-state index contributed by atoms with van der Waals surface area (Å²) in [4.78, 5) is 25.1. The molecule has 2 heterocycles. The van der Waals surface area contributed by atoms with Gasteiger partial charge in [0, 0.05) is 11.9 Å². The number of carbonyl (C=O) groups excluding carboxylic acids is 1. The van der Waals surface area contributed by atoms with Crippen molar-refractivity contribution in [1.29, 1.82) is 0 Å². The molecule has 0 spiro atoms. The van der Waals surface area contributed by atoms with Gasteiger partial charge in [-0.15, -0.1) is 0 Å². The Bertz CT molecular complexity index is 692. The number of benzene rings is 1. The van der Waals surface area contributed by atoms with E-state index < -0.39 is 12.0 Å². The van der Waals surface area contributed by atoms with E-state index in [4.69, 9.17) is 5.11 Å². The van der Waals surface area contributed by atoms with Crippen molar-refractivity contribution >= 4 is 22.8 Å². The zero-order valence-corrected chi connectivity index (χ0v) is 11.1. The Morgan fingerprint density at radius 3 is 3.00 bits per heavy atom. The average molecular weight is 273 g/mol. The molecule has 1 aromatic carbocycles. The molecule has 1 fully saturated rings. The maximum Gasteiger partial charge on any atom is 0.326 e. The molecule has 1 aliphatic heterocycles. The highest BCUT2D eigenvalue weighted by Gasteiger charge is 2.35. The van der Waals surface area contributed by atoms with Crippen LogP contribution in [0.3, 0.4) is 0 Å². The van der Waals surface area contributed by atoms with E-state index in [0.29, 0.717) is 25.1 Å². The third-order valence-electron chi connectivity index (χ3n) is 3.72. The summed E-state index contributed by atoms with van der Waals surface area (Å²) in [5.41, 5.74) is 2.12. The molecule has 6 heteroatoms. The largest absolute Gasteiger partial charge is 0.480 e. The number of nitrogens with one attached hydrogen (secondary N) is 1. The van der Waals surface area contributed by atoms with Gasteiger partial charge in [-0.25, -0.2) is 4.79 Å². The van der Waals surface area contributed by atoms with Crippen molar-refractivity contribution in [3.8, 4) is 0 Å². The summed E-state index contributed by atoms with van der Waals surface area (Å²) in [6, 6.07) is 4.95. The molecular formula is C14H15N3O3. The van der Waals surface area contributed by atoms with Crippen LogP contribution in [0.2, 0.25) is 0 Å². The Kier molecular flexibility index (Phi) is 2.93. The van der Waals surface area contributed by atoms with E-state index in [-0.39, 0.29) is 5.91 Å². The minimum Gasteiger partial charge on any atom is -0.480 e. The second kappa shape index (κ2) is 4.63. The first-order valence-corrected chi connectivity index (χ1v) is 6.56. The highest BCUT2D eigenvalue weighted by atomic mass is 16.4. The second-order valence-electron chi connectivity index (χ2n) is 5.12. The van der Waals surface area contributed by atoms with Crippen LogP contribution in [0.15, 0.2) is 18.2 Å². The van der Waals surface area contributed by atoms with E-state index in [1.165, 1.54) is 4.90 Å². The van der Waals surface area contributed by atoms with Crippen molar-refractivity contribution in [2.75, 3.05) is 6.54 Å². The molecule has 6 nitrogen and oxygen atoms in total. The van der Waals surface area contributed by atoms with Crippen molar-refractivity contribution in [2.45, 2.75) is 25.8 Å². The topological polar surface area (TPSA) is 86.3 Å². The number of fused-ring (bicyclic) bond motifs is 1. The molecule has 0 aliphatic carbocycles. The number of hydrogen-bond donors (Lipinski definition) is 2. The van der Waals surface area contributed by atoms with E-state index in [2.05, 4.69) is 10.2 Å². The normalized spacial score (nSPS) is 18.6. The average Bonchev–Trinajstić information content (AvgIpc) is 3.04. The van der Waals surface area contributed by atoms with Crippen LogP contribution in [0.25, 0.3) is 10.9 Å². The van der Waals surface area contributed by atoms with Gasteiger partial charge >= 0.3 is 5.97 Å². The van der Waals surface area contributed by atoms with Gasteiger partial charge in [0.15, 0.2) is 5.69 Å². The van der Waals surface area contributed by atoms with E-state index in [1.807, 2.05) is 25.1 Å². The third-order valence-corrected chi connectivity index (χ3v) is 3.72. The first kappa shape index (κ1) is 12.7. The lowest BCUT2D eigenvalue weighted by molar-refractivity contribution is -0.141. The molecule has 3 rings (SSSR count). The number of aromatic amines is 1. The van der Waals surface area contributed by atoms with Crippen LogP contribution in [0.5, 0.6) is 0 Å². The highest BCUT2D eigenvalue weighted by molar-refractivity contribution is 6.06. The van der Waals surface area contributed by atoms with E-state index >= 15 is 0 Å². The molecular weight excluding hydrogens is 258 g/mol. The maximum absolute atomic E-state index is 12.5. The molecule has 1 aromatic heterocycles. The van der Waals surface area contributed by atoms with Gasteiger partial charge in [0.2, 0.25) is 0 Å². The van der Waals surface area contributed by atoms with Gasteiger partial charge in [-0.05, 0) is 31.9 Å². The molecule has 20 heavy (non-hydrogen) atoms. The molecule has 0 bridgehead atoms. The summed E-state index contributed by atoms with van der Waals surface area (Å²) in [6.45, 7) is 2.41. The molecule has 0 radical (unpaired) electrons. The van der Waals surface area contributed by atoms with Crippen LogP contribution >= 0.6 is 0 Å². The molecule has 1 amide bonds. The van der Waals surface area contributed by atoms with E-state index in [1.54, 1.807) is 0 Å². The number of aryl methyl sites for hydroxylation is 1. The molecule has 1 atom stereocenters. The Labute approximate surface area is 115 Å². The summed E-state index contributed by atoms with van der Waals surface area (Å²) in [7, 11) is 0. The number of carbonyl (C=O) groups is 2. The molecule has 1 saturated heterocycles. The van der Waals surface area contributed by atoms with Crippen LogP contribution in [0, 0.1) is 6.92 Å². The van der Waals surface area contributed by atoms with E-state index in [9.17, 15) is 9.59 Å². The lowest BCUT2D eigenvalue weighted by Gasteiger charge is -2.20. The number of aromatic nitrogens is 2. The molecule has 2 aromatic rings. The second-order valence-corrected chi connectivity index (χ2v) is 5.12. The summed E-state index contributed by atoms with van der Waals surface area (Å²) >= 11 is 0. The fraction of sp³-hybridized carbons (Fsp3) is 0.357. The van der Waals surface area contributed by atoms with Crippen LogP contribution in [-0.2, 0) is 4.79 Å². The van der Waals surface area contributed by atoms with Gasteiger partial charge in [0.05, 0.1) is 5.52 Å². The first-order valence-electron chi connectivity index (χ1n) is 6.56. The number of aliphatic carboxylic acids is 1. The van der Waals surface area contributed by atoms with Crippen molar-refractivity contribution < 1.29 is 14.7 Å². The summed E-state index contributed by atoms with van der Waals surface area (Å²) < 4.78 is 0. The zero-order chi connectivity index (χ0) is 14.3. The fourth-order valence-corrected chi connectivity index (χ4v) is 2.69. The predicted molar refractivity (Wildman–Crippen MR) is 72.5 cm³/mol. The van der Waals surface area contributed by atoms with Gasteiger partial charge < -0.3 is 10.0 Å². The van der Waals surface area contributed by atoms with Crippen molar-refractivity contribution in [3.05, 3.63) is 29.5 Å². The van der Waals surface area contributed by atoms with Crippen molar-refractivity contribution in [3.63, 3.8) is 0 Å². The minimum atomic E-state index is -0.952. The quantitative estimate of drug-likeness (QED) is 0.869. The highest BCUT2D eigenvalue weighted by Crippen LogP contribution is 2.24. The Morgan fingerprint density at radius 1 is 1.45 bits per heavy atom. The monoisotopic (exact) mass is 273 g/mol. The SMILES string of the molecule is Cc1ccc2[nH]nc(C(=O)N3CCC[C@H]3C(=O)O)c2c1. The van der Waals surface area contributed by atoms with Gasteiger partial charge in [-0.2, -0.15) is 5.10 Å². The van der Waals surface area contributed by atoms with Crippen molar-refractivity contribution in [1.82, 2.24) is 15.1 Å². The Morgan fingerprint density at radius 2 is 2.25 bits per heavy atom. The van der Waals surface area contributed by atoms with Crippen LogP contribution in [0.1, 0.15) is 28.9 Å². The number of nitrogens with zero attached hydrogens (tertiary/aromatic N) is 2. The fourth-order valence-electron chi connectivity index (χ4n) is 2.69. The van der Waals surface area contributed by atoms with Crippen LogP contribution in [-0.4, -0.2) is 44.7 Å². The third kappa shape index (κ3) is 1.93. The van der Waals surface area contributed by atoms with Gasteiger partial charge in [0.1, 0.15) is 6.04 Å². The van der Waals surface area contributed by atoms with Gasteiger partial charge in [-0.1, -0.05) is 11.6 Å². The number of amides is 1. The summed E-state index contributed by atoms with van der Waals surface area (Å²) in [5.74, 6) is -1.27. The van der Waals surface area contributed by atoms with Gasteiger partial charge in [-0.3, -0.25) is 9.89 Å². The van der Waals surface area contributed by atoms with Crippen LogP contribution in [0.4, 0.5) is 0 Å². The molecule has 1 aliphatic rings. The number of rotatable bonds is 2. The number of carboxylic acids is 1. The van der Waals surface area contributed by atoms with Crippen LogP contribution < -0.4 is 0 Å². The van der Waals surface area contributed by atoms with Gasteiger partial charge in [0.25, 0.3) is 5.91 Å². The number of carboxylic acid groups (broad SMARTS) is 1. The summed E-state index contributed by atoms with van der Waals surface area (Å²) in [6.07, 6.45) is 1.21. The standard InChI is InChI=1S/C14H15N3O3/c1-8-4-5-10-9(7-8)12(16-15-10)13(18)17-6-2-3-11(17)14(19)20/h4-5,7,11H,2-3,6H2,1H3,(H,15,16)(H,19,20)/t11-/m0/s1. The number of hydrogen-bond acceptors (Lipinski definition) is 3. The molecule has 104 valence electrons. The lowest BCUT2D eigenvalue weighted by Crippen LogP contribution is -2.40. The molecule has 0 unspecified atom stereocenters. The smallest absolute Gasteiger partial charge is 0.326 e. The number of H-pyrrole nitrogens is 1. The number of likely N-dealkylation sites (tertiary alicyclic amines) is 1. The summed E-state index contributed by atoms with van der Waals surface area (Å²) in [5, 5.41) is 16.8. The van der Waals surface area contributed by atoms with Crippen molar-refractivity contribution in [2.24, 2.45) is 0 Å². The Hall–Kier alpha value is -2.37.